The van der Waals surface area contributed by atoms with E-state index in [2.05, 4.69) is 9.47 Å². The largest absolute Gasteiger partial charge is 0.748 e. The third kappa shape index (κ3) is 25.6. The van der Waals surface area contributed by atoms with Gasteiger partial charge in [-0.3, -0.25) is 9.59 Å². The molecule has 0 aliphatic rings. The van der Waals surface area contributed by atoms with Crippen molar-refractivity contribution in [3.8, 4) is 0 Å². The van der Waals surface area contributed by atoms with E-state index in [-0.39, 0.29) is 13.2 Å². The minimum Gasteiger partial charge on any atom is -0.748 e. The molecule has 0 bridgehead atoms. The summed E-state index contributed by atoms with van der Waals surface area (Å²) in [5.74, 6) is -2.51. The maximum absolute atomic E-state index is 10.0. The van der Waals surface area contributed by atoms with E-state index in [1.807, 2.05) is 0 Å². The van der Waals surface area contributed by atoms with Gasteiger partial charge in [-0.1, -0.05) is 0 Å². The van der Waals surface area contributed by atoms with Crippen LogP contribution in [0.4, 0.5) is 0 Å². The molecule has 0 atom stereocenters. The van der Waals surface area contributed by atoms with Gasteiger partial charge < -0.3 is 18.6 Å². The molecule has 0 spiro atoms. The molecule has 0 fully saturated rings. The van der Waals surface area contributed by atoms with Gasteiger partial charge in [-0.2, -0.15) is 0 Å². The van der Waals surface area contributed by atoms with Crippen LogP contribution in [-0.4, -0.2) is 62.6 Å². The molecule has 0 saturated heterocycles. The predicted molar refractivity (Wildman–Crippen MR) is 62.4 cm³/mol. The van der Waals surface area contributed by atoms with Gasteiger partial charge in [0.25, 0.3) is 0 Å². The Hall–Kier alpha value is -1.24. The van der Waals surface area contributed by atoms with E-state index in [1.54, 1.807) is 0 Å². The summed E-state index contributed by atoms with van der Waals surface area (Å²) in [5, 5.41) is 0. The van der Waals surface area contributed by atoms with Gasteiger partial charge in [0.1, 0.15) is 13.2 Å². The quantitative estimate of drug-likeness (QED) is 0.398. The normalized spacial score (nSPS) is 11.0. The highest BCUT2D eigenvalue weighted by molar-refractivity contribution is 7.85. The van der Waals surface area contributed by atoms with Gasteiger partial charge in [-0.05, 0) is 0 Å². The molecule has 120 valence electrons. The molecule has 0 aliphatic heterocycles. The first-order chi connectivity index (χ1) is 8.83. The molecule has 0 radical (unpaired) electrons. The molecule has 0 aliphatic carbocycles. The van der Waals surface area contributed by atoms with E-state index < -0.39 is 43.7 Å². The van der Waals surface area contributed by atoms with Crippen molar-refractivity contribution in [3.05, 3.63) is 0 Å². The van der Waals surface area contributed by atoms with Crippen molar-refractivity contribution in [3.63, 3.8) is 0 Å². The number of ether oxygens (including phenoxy) is 2. The molecule has 0 aromatic rings. The van der Waals surface area contributed by atoms with Crippen LogP contribution in [0.5, 0.6) is 0 Å². The van der Waals surface area contributed by atoms with E-state index in [9.17, 15) is 35.5 Å². The van der Waals surface area contributed by atoms with Crippen LogP contribution >= 0.6 is 0 Å². The predicted octanol–water partition coefficient (Wildman–Crippen LogP) is -1.81. The Labute approximate surface area is 116 Å². The first-order valence-electron chi connectivity index (χ1n) is 4.97. The highest BCUT2D eigenvalue weighted by Crippen LogP contribution is 1.83. The minimum absolute atomic E-state index is 0.360. The summed E-state index contributed by atoms with van der Waals surface area (Å²) in [7, 11) is -8.49. The van der Waals surface area contributed by atoms with Crippen molar-refractivity contribution in [1.29, 1.82) is 0 Å². The topological polar surface area (TPSA) is 167 Å². The van der Waals surface area contributed by atoms with Gasteiger partial charge in [0.2, 0.25) is 0 Å². The van der Waals surface area contributed by atoms with Crippen molar-refractivity contribution in [2.45, 2.75) is 13.8 Å². The monoisotopic (exact) mass is 334 g/mol. The zero-order valence-electron chi connectivity index (χ0n) is 10.7. The Morgan fingerprint density at radius 2 is 1.05 bits per heavy atom. The number of esters is 2. The standard InChI is InChI=1S/2C4H8O5S/c2*1-4(5)9-2-3-10(6,7)8/h2*2-3H2,1H3,(H,6,7,8)/p-2. The molecule has 0 saturated carbocycles. The second-order valence-electron chi connectivity index (χ2n) is 3.20. The molecule has 0 N–H and O–H groups in total. The molecular formula is C8H14O10S2-2. The summed E-state index contributed by atoms with van der Waals surface area (Å²) in [6.07, 6.45) is 0. The second-order valence-corrected chi connectivity index (χ2v) is 6.25. The van der Waals surface area contributed by atoms with E-state index >= 15 is 0 Å². The van der Waals surface area contributed by atoms with Gasteiger partial charge in [0.05, 0.1) is 31.7 Å². The summed E-state index contributed by atoms with van der Waals surface area (Å²) in [4.78, 5) is 20.0. The second kappa shape index (κ2) is 9.63. The third-order valence-electron chi connectivity index (χ3n) is 1.28. The fraction of sp³-hybridized carbons (Fsp3) is 0.750. The fourth-order valence-corrected chi connectivity index (χ4v) is 1.15. The van der Waals surface area contributed by atoms with Crippen LogP contribution < -0.4 is 0 Å². The van der Waals surface area contributed by atoms with Crippen molar-refractivity contribution in [2.24, 2.45) is 0 Å². The fourth-order valence-electron chi connectivity index (χ4n) is 0.575. The molecule has 0 aromatic carbocycles. The Morgan fingerprint density at radius 1 is 0.800 bits per heavy atom. The van der Waals surface area contributed by atoms with Crippen LogP contribution in [-0.2, 0) is 39.3 Å². The van der Waals surface area contributed by atoms with Crippen molar-refractivity contribution in [1.82, 2.24) is 0 Å². The Kier molecular flexibility index (Phi) is 10.1. The molecular weight excluding hydrogens is 320 g/mol. The first kappa shape index (κ1) is 21.1. The number of hydrogen-bond acceptors (Lipinski definition) is 10. The van der Waals surface area contributed by atoms with E-state index in [0.29, 0.717) is 0 Å². The van der Waals surface area contributed by atoms with E-state index in [0.717, 1.165) is 13.8 Å². The lowest BCUT2D eigenvalue weighted by molar-refractivity contribution is -0.141. The lowest BCUT2D eigenvalue weighted by atomic mass is 10.8. The lowest BCUT2D eigenvalue weighted by Crippen LogP contribution is -2.12. The molecule has 0 aromatic heterocycles. The zero-order chi connectivity index (χ0) is 16.4. The maximum Gasteiger partial charge on any atom is 0.302 e. The highest BCUT2D eigenvalue weighted by atomic mass is 32.2. The Morgan fingerprint density at radius 3 is 1.20 bits per heavy atom. The van der Waals surface area contributed by atoms with Crippen LogP contribution in [0.15, 0.2) is 0 Å². The van der Waals surface area contributed by atoms with Gasteiger partial charge in [0.15, 0.2) is 0 Å². The van der Waals surface area contributed by atoms with Crippen LogP contribution in [0.25, 0.3) is 0 Å². The van der Waals surface area contributed by atoms with Gasteiger partial charge in [-0.15, -0.1) is 0 Å². The Balaban J connectivity index is 0. The van der Waals surface area contributed by atoms with Gasteiger partial charge in [-0.25, -0.2) is 16.8 Å². The summed E-state index contributed by atoms with van der Waals surface area (Å²) in [6, 6.07) is 0. The number of carbonyl (C=O) groups excluding carboxylic acids is 2. The van der Waals surface area contributed by atoms with Crippen molar-refractivity contribution < 1.29 is 45.0 Å². The maximum atomic E-state index is 10.0. The van der Waals surface area contributed by atoms with Crippen LogP contribution in [0.3, 0.4) is 0 Å². The van der Waals surface area contributed by atoms with E-state index in [4.69, 9.17) is 0 Å². The van der Waals surface area contributed by atoms with Crippen LogP contribution in [0, 0.1) is 0 Å². The molecule has 0 amide bonds. The average Bonchev–Trinajstić information content (AvgIpc) is 2.12. The lowest BCUT2D eigenvalue weighted by Gasteiger charge is -2.05. The molecule has 20 heavy (non-hydrogen) atoms. The van der Waals surface area contributed by atoms with Gasteiger partial charge >= 0.3 is 11.9 Å². The van der Waals surface area contributed by atoms with Gasteiger partial charge in [0, 0.05) is 13.8 Å². The zero-order valence-corrected chi connectivity index (χ0v) is 12.4. The molecule has 0 heterocycles. The summed E-state index contributed by atoms with van der Waals surface area (Å²) < 4.78 is 67.6. The van der Waals surface area contributed by atoms with Crippen LogP contribution in [0.2, 0.25) is 0 Å². The summed E-state index contributed by atoms with van der Waals surface area (Å²) in [6.45, 7) is 1.55. The molecule has 12 heteroatoms. The van der Waals surface area contributed by atoms with Crippen molar-refractivity contribution >= 4 is 32.2 Å². The van der Waals surface area contributed by atoms with E-state index in [1.165, 1.54) is 0 Å². The minimum atomic E-state index is -4.25. The summed E-state index contributed by atoms with van der Waals surface area (Å²) >= 11 is 0. The molecule has 0 rings (SSSR count). The Bertz CT molecular complexity index is 455. The number of rotatable bonds is 6. The van der Waals surface area contributed by atoms with Crippen molar-refractivity contribution in [2.75, 3.05) is 24.7 Å². The molecule has 0 unspecified atom stereocenters. The smallest absolute Gasteiger partial charge is 0.302 e. The average molecular weight is 334 g/mol. The SMILES string of the molecule is CC(=O)OCCS(=O)(=O)[O-].CC(=O)OCCS(=O)(=O)[O-]. The molecule has 10 nitrogen and oxygen atoms in total. The number of hydrogen-bond donors (Lipinski definition) is 0. The number of carbonyl (C=O) groups is 2. The van der Waals surface area contributed by atoms with Crippen LogP contribution in [0.1, 0.15) is 13.8 Å². The first-order valence-corrected chi connectivity index (χ1v) is 8.13. The third-order valence-corrected chi connectivity index (χ3v) is 2.61. The summed E-state index contributed by atoms with van der Waals surface area (Å²) in [5.41, 5.74) is 0. The highest BCUT2D eigenvalue weighted by Gasteiger charge is 1.97.